The van der Waals surface area contributed by atoms with Crippen molar-refractivity contribution in [2.24, 2.45) is 11.7 Å². The van der Waals surface area contributed by atoms with Crippen LogP contribution in [0.2, 0.25) is 0 Å². The van der Waals surface area contributed by atoms with Crippen molar-refractivity contribution in [2.45, 2.75) is 63.6 Å². The van der Waals surface area contributed by atoms with Crippen LogP contribution in [0.15, 0.2) is 11.2 Å². The number of imidazole rings is 1. The molecule has 8 heteroatoms. The van der Waals surface area contributed by atoms with Gasteiger partial charge in [-0.2, -0.15) is 0 Å². The fraction of sp³-hybridized carbons (Fsp3) is 0.786. The maximum absolute atomic E-state index is 12.5. The molecule has 3 N–H and O–H groups in total. The Bertz CT molecular complexity index is 567. The van der Waals surface area contributed by atoms with Crippen LogP contribution in [0.1, 0.15) is 44.9 Å². The Morgan fingerprint density at radius 2 is 2.05 bits per heavy atom. The second-order valence-electron chi connectivity index (χ2n) is 5.77. The van der Waals surface area contributed by atoms with Gasteiger partial charge in [-0.25, -0.2) is 18.1 Å². The molecule has 2 rings (SSSR count). The van der Waals surface area contributed by atoms with Crippen LogP contribution in [0.5, 0.6) is 0 Å². The van der Waals surface area contributed by atoms with Crippen LogP contribution in [0.3, 0.4) is 0 Å². The van der Waals surface area contributed by atoms with Crippen LogP contribution in [-0.4, -0.2) is 30.6 Å². The van der Waals surface area contributed by atoms with Gasteiger partial charge in [0.05, 0.1) is 0 Å². The minimum atomic E-state index is -3.59. The third-order valence-electron chi connectivity index (χ3n) is 4.35. The maximum Gasteiger partial charge on any atom is 0.259 e. The van der Waals surface area contributed by atoms with Gasteiger partial charge in [0.2, 0.25) is 0 Å². The Kier molecular flexibility index (Phi) is 7.31. The molecule has 1 atom stereocenters. The summed E-state index contributed by atoms with van der Waals surface area (Å²) in [6.07, 6.45) is 7.24. The lowest BCUT2D eigenvalue weighted by molar-refractivity contribution is 0.294. The Hall–Kier alpha value is -0.630. The highest BCUT2D eigenvalue weighted by atomic mass is 35.5. The van der Waals surface area contributed by atoms with E-state index in [1.54, 1.807) is 6.20 Å². The van der Waals surface area contributed by atoms with Crippen molar-refractivity contribution in [1.82, 2.24) is 14.3 Å². The van der Waals surface area contributed by atoms with Crippen molar-refractivity contribution in [3.8, 4) is 0 Å². The predicted octanol–water partition coefficient (Wildman–Crippen LogP) is 1.82. The zero-order chi connectivity index (χ0) is 15.5. The van der Waals surface area contributed by atoms with E-state index in [1.165, 1.54) is 6.42 Å². The minimum absolute atomic E-state index is 0. The molecule has 1 aliphatic carbocycles. The zero-order valence-electron chi connectivity index (χ0n) is 13.3. The summed E-state index contributed by atoms with van der Waals surface area (Å²) in [5.74, 6) is 1.05. The predicted molar refractivity (Wildman–Crippen MR) is 89.6 cm³/mol. The van der Waals surface area contributed by atoms with E-state index in [0.717, 1.165) is 25.7 Å². The molecule has 1 aromatic heterocycles. The number of aryl methyl sites for hydroxylation is 2. The van der Waals surface area contributed by atoms with E-state index in [2.05, 4.69) is 9.71 Å². The second-order valence-corrected chi connectivity index (χ2v) is 7.43. The summed E-state index contributed by atoms with van der Waals surface area (Å²) in [5, 5.41) is 0.0936. The van der Waals surface area contributed by atoms with Crippen molar-refractivity contribution >= 4 is 22.4 Å². The molecule has 0 aromatic carbocycles. The molecule has 6 nitrogen and oxygen atoms in total. The molecule has 1 heterocycles. The number of sulfonamides is 1. The van der Waals surface area contributed by atoms with Gasteiger partial charge in [0.15, 0.2) is 5.03 Å². The summed E-state index contributed by atoms with van der Waals surface area (Å²) in [7, 11) is -3.59. The molecule has 1 saturated carbocycles. The Morgan fingerprint density at radius 1 is 1.41 bits per heavy atom. The molecule has 1 unspecified atom stereocenters. The van der Waals surface area contributed by atoms with Gasteiger partial charge in [0.1, 0.15) is 5.82 Å². The number of hydrogen-bond acceptors (Lipinski definition) is 4. The maximum atomic E-state index is 12.5. The average Bonchev–Trinajstić information content (AvgIpc) is 2.87. The summed E-state index contributed by atoms with van der Waals surface area (Å²) < 4.78 is 29.6. The first-order valence-electron chi connectivity index (χ1n) is 7.74. The zero-order valence-corrected chi connectivity index (χ0v) is 14.9. The molecule has 128 valence electrons. The van der Waals surface area contributed by atoms with E-state index in [1.807, 2.05) is 18.4 Å². The summed E-state index contributed by atoms with van der Waals surface area (Å²) in [6, 6.07) is -0.192. The van der Waals surface area contributed by atoms with Gasteiger partial charge < -0.3 is 10.3 Å². The number of nitrogens with one attached hydrogen (secondary N) is 1. The van der Waals surface area contributed by atoms with Crippen molar-refractivity contribution in [3.05, 3.63) is 12.0 Å². The molecular weight excluding hydrogens is 324 g/mol. The number of aromatic nitrogens is 2. The highest BCUT2D eigenvalue weighted by molar-refractivity contribution is 7.89. The van der Waals surface area contributed by atoms with Crippen molar-refractivity contribution in [1.29, 1.82) is 0 Å². The SMILES string of the molecule is CCn1cc(S(=O)(=O)NC(CN)C2CCCCC2)nc1C.Cl. The molecule has 0 radical (unpaired) electrons. The Morgan fingerprint density at radius 3 is 2.55 bits per heavy atom. The molecule has 0 amide bonds. The van der Waals surface area contributed by atoms with Crippen LogP contribution in [0.25, 0.3) is 0 Å². The standard InChI is InChI=1S/C14H26N4O2S.ClH/c1-3-18-10-14(16-11(18)2)21(19,20)17-13(9-15)12-7-5-4-6-8-12;/h10,12-13,17H,3-9,15H2,1-2H3;1H. The highest BCUT2D eigenvalue weighted by Gasteiger charge is 2.28. The normalized spacial score (nSPS) is 18.0. The summed E-state index contributed by atoms with van der Waals surface area (Å²) in [4.78, 5) is 4.16. The van der Waals surface area contributed by atoms with E-state index in [0.29, 0.717) is 24.8 Å². The summed E-state index contributed by atoms with van der Waals surface area (Å²) >= 11 is 0. The van der Waals surface area contributed by atoms with Crippen molar-refractivity contribution in [3.63, 3.8) is 0 Å². The Labute approximate surface area is 139 Å². The first kappa shape index (κ1) is 19.4. The van der Waals surface area contributed by atoms with E-state index in [9.17, 15) is 8.42 Å². The molecule has 1 aliphatic rings. The second kappa shape index (κ2) is 8.29. The largest absolute Gasteiger partial charge is 0.334 e. The van der Waals surface area contributed by atoms with Gasteiger partial charge in [-0.05, 0) is 32.6 Å². The topological polar surface area (TPSA) is 90.0 Å². The lowest BCUT2D eigenvalue weighted by atomic mass is 9.84. The Balaban J connectivity index is 0.00000242. The number of rotatable bonds is 6. The van der Waals surface area contributed by atoms with E-state index >= 15 is 0 Å². The molecule has 0 spiro atoms. The molecule has 0 saturated heterocycles. The fourth-order valence-corrected chi connectivity index (χ4v) is 4.39. The van der Waals surface area contributed by atoms with Gasteiger partial charge in [-0.3, -0.25) is 0 Å². The smallest absolute Gasteiger partial charge is 0.259 e. The van der Waals surface area contributed by atoms with Crippen LogP contribution in [-0.2, 0) is 16.6 Å². The summed E-state index contributed by atoms with van der Waals surface area (Å²) in [5.41, 5.74) is 5.80. The lowest BCUT2D eigenvalue weighted by Crippen LogP contribution is -2.45. The van der Waals surface area contributed by atoms with E-state index in [-0.39, 0.29) is 23.5 Å². The van der Waals surface area contributed by atoms with Gasteiger partial charge in [0, 0.05) is 25.3 Å². The number of hydrogen-bond donors (Lipinski definition) is 2. The lowest BCUT2D eigenvalue weighted by Gasteiger charge is -2.29. The molecule has 1 fully saturated rings. The number of halogens is 1. The fourth-order valence-electron chi connectivity index (χ4n) is 3.06. The van der Waals surface area contributed by atoms with Gasteiger partial charge in [0.25, 0.3) is 10.0 Å². The first-order valence-corrected chi connectivity index (χ1v) is 9.22. The molecule has 0 bridgehead atoms. The average molecular weight is 351 g/mol. The molecule has 1 aromatic rings. The molecule has 0 aliphatic heterocycles. The molecular formula is C14H27ClN4O2S. The van der Waals surface area contributed by atoms with Gasteiger partial charge in [-0.1, -0.05) is 19.3 Å². The first-order chi connectivity index (χ1) is 9.97. The minimum Gasteiger partial charge on any atom is -0.334 e. The number of nitrogens with zero attached hydrogens (tertiary/aromatic N) is 2. The monoisotopic (exact) mass is 350 g/mol. The van der Waals surface area contributed by atoms with Crippen molar-refractivity contribution in [2.75, 3.05) is 6.54 Å². The third-order valence-corrected chi connectivity index (χ3v) is 5.71. The van der Waals surface area contributed by atoms with Crippen LogP contribution in [0, 0.1) is 12.8 Å². The summed E-state index contributed by atoms with van der Waals surface area (Å²) in [6.45, 7) is 4.81. The highest BCUT2D eigenvalue weighted by Crippen LogP contribution is 2.27. The van der Waals surface area contributed by atoms with E-state index in [4.69, 9.17) is 5.73 Å². The number of nitrogens with two attached hydrogens (primary N) is 1. The van der Waals surface area contributed by atoms with Crippen LogP contribution in [0.4, 0.5) is 0 Å². The third kappa shape index (κ3) is 4.44. The van der Waals surface area contributed by atoms with Gasteiger partial charge in [-0.15, -0.1) is 12.4 Å². The molecule has 22 heavy (non-hydrogen) atoms. The quantitative estimate of drug-likeness (QED) is 0.818. The van der Waals surface area contributed by atoms with Crippen molar-refractivity contribution < 1.29 is 8.42 Å². The van der Waals surface area contributed by atoms with Crippen LogP contribution >= 0.6 is 12.4 Å². The van der Waals surface area contributed by atoms with E-state index < -0.39 is 10.0 Å². The van der Waals surface area contributed by atoms with Gasteiger partial charge >= 0.3 is 0 Å². The van der Waals surface area contributed by atoms with Crippen LogP contribution < -0.4 is 10.5 Å².